The maximum Gasteiger partial charge on any atom is 0.215 e. The second kappa shape index (κ2) is 8.56. The van der Waals surface area contributed by atoms with E-state index in [-0.39, 0.29) is 16.6 Å². The normalized spacial score (nSPS) is 29.1. The van der Waals surface area contributed by atoms with Crippen LogP contribution < -0.4 is 4.72 Å². The summed E-state index contributed by atoms with van der Waals surface area (Å²) in [6.07, 6.45) is 11.1. The van der Waals surface area contributed by atoms with Gasteiger partial charge in [0.05, 0.1) is 17.3 Å². The van der Waals surface area contributed by atoms with Crippen LogP contribution in [0.3, 0.4) is 0 Å². The van der Waals surface area contributed by atoms with E-state index in [2.05, 4.69) is 34.8 Å². The molecule has 4 unspecified atom stereocenters. The number of nitrogens with zero attached hydrogens (tertiary/aromatic N) is 2. The van der Waals surface area contributed by atoms with E-state index in [1.807, 2.05) is 10.8 Å². The predicted molar refractivity (Wildman–Crippen MR) is 135 cm³/mol. The zero-order valence-corrected chi connectivity index (χ0v) is 20.9. The maximum atomic E-state index is 13.3. The summed E-state index contributed by atoms with van der Waals surface area (Å²) >= 11 is 0. The molecule has 1 saturated heterocycles. The standard InChI is InChI=1S/C28H32FN3O2S/c1-2-3-26-12-13-28(31-35(26,33)34)22-6-7-23(28)16-21-14-20(5-4-19(21)15-22)27-17-32(18-30-27)25-10-8-24(29)9-11-25/h4-5,8-11,14,17-18,22-23,26,31H,2-3,6-7,12-13,15-16H2,1H3. The molecule has 2 fully saturated rings. The summed E-state index contributed by atoms with van der Waals surface area (Å²) < 4.78 is 44.8. The molecule has 0 amide bonds. The molecule has 4 atom stereocenters. The minimum Gasteiger partial charge on any atom is -0.306 e. The van der Waals surface area contributed by atoms with Gasteiger partial charge in [0.25, 0.3) is 0 Å². The van der Waals surface area contributed by atoms with Gasteiger partial charge in [-0.1, -0.05) is 25.5 Å². The summed E-state index contributed by atoms with van der Waals surface area (Å²) in [6, 6.07) is 13.0. The molecule has 6 rings (SSSR count). The van der Waals surface area contributed by atoms with E-state index in [1.54, 1.807) is 18.5 Å². The fraction of sp³-hybridized carbons (Fsp3) is 0.464. The average molecular weight is 494 g/mol. The van der Waals surface area contributed by atoms with Crippen molar-refractivity contribution in [2.24, 2.45) is 11.8 Å². The van der Waals surface area contributed by atoms with Crippen molar-refractivity contribution in [1.29, 1.82) is 0 Å². The van der Waals surface area contributed by atoms with Crippen LogP contribution in [0, 0.1) is 17.7 Å². The summed E-state index contributed by atoms with van der Waals surface area (Å²) in [5, 5.41) is -0.244. The number of rotatable bonds is 4. The molecule has 1 aromatic heterocycles. The number of sulfonamides is 1. The molecule has 1 saturated carbocycles. The van der Waals surface area contributed by atoms with Crippen LogP contribution in [-0.4, -0.2) is 28.8 Å². The third-order valence-electron chi connectivity index (χ3n) is 8.72. The van der Waals surface area contributed by atoms with Crippen LogP contribution in [0.2, 0.25) is 0 Å². The third-order valence-corrected chi connectivity index (χ3v) is 10.7. The quantitative estimate of drug-likeness (QED) is 0.528. The highest BCUT2D eigenvalue weighted by Crippen LogP contribution is 2.52. The largest absolute Gasteiger partial charge is 0.306 e. The molecule has 2 bridgehead atoms. The van der Waals surface area contributed by atoms with Gasteiger partial charge in [-0.2, -0.15) is 0 Å². The minimum absolute atomic E-state index is 0.244. The highest BCUT2D eigenvalue weighted by atomic mass is 32.2. The number of halogens is 1. The molecule has 1 N–H and O–H groups in total. The zero-order chi connectivity index (χ0) is 24.2. The van der Waals surface area contributed by atoms with Crippen molar-refractivity contribution in [2.45, 2.75) is 69.1 Å². The van der Waals surface area contributed by atoms with E-state index >= 15 is 0 Å². The average Bonchev–Trinajstić information content (AvgIpc) is 3.40. The van der Waals surface area contributed by atoms with Crippen molar-refractivity contribution >= 4 is 10.0 Å². The molecule has 2 aliphatic carbocycles. The van der Waals surface area contributed by atoms with Gasteiger partial charge in [-0.05, 0) is 98.2 Å². The van der Waals surface area contributed by atoms with Gasteiger partial charge in [-0.3, -0.25) is 0 Å². The number of nitrogens with one attached hydrogen (secondary N) is 1. The van der Waals surface area contributed by atoms with Crippen LogP contribution >= 0.6 is 0 Å². The molecule has 35 heavy (non-hydrogen) atoms. The Kier molecular flexibility index (Phi) is 5.60. The lowest BCUT2D eigenvalue weighted by Crippen LogP contribution is -2.61. The first-order chi connectivity index (χ1) is 16.9. The van der Waals surface area contributed by atoms with Gasteiger partial charge in [0.15, 0.2) is 0 Å². The third kappa shape index (κ3) is 3.93. The molecule has 1 spiro atoms. The number of fused-ring (bicyclic) bond motifs is 1. The molecule has 184 valence electrons. The van der Waals surface area contributed by atoms with Gasteiger partial charge in [0.1, 0.15) is 5.82 Å². The molecule has 2 heterocycles. The van der Waals surface area contributed by atoms with E-state index in [9.17, 15) is 12.8 Å². The van der Waals surface area contributed by atoms with E-state index < -0.39 is 10.0 Å². The summed E-state index contributed by atoms with van der Waals surface area (Å²) in [5.74, 6) is 0.431. The second-order valence-electron chi connectivity index (χ2n) is 10.6. The van der Waals surface area contributed by atoms with Crippen LogP contribution in [-0.2, 0) is 22.9 Å². The maximum absolute atomic E-state index is 13.3. The minimum atomic E-state index is -3.29. The Morgan fingerprint density at radius 2 is 1.80 bits per heavy atom. The van der Waals surface area contributed by atoms with E-state index in [0.29, 0.717) is 11.8 Å². The van der Waals surface area contributed by atoms with Gasteiger partial charge in [0.2, 0.25) is 10.0 Å². The van der Waals surface area contributed by atoms with Crippen LogP contribution in [0.1, 0.15) is 56.6 Å². The lowest BCUT2D eigenvalue weighted by Gasteiger charge is -2.45. The Hall–Kier alpha value is -2.51. The number of hydrogen-bond donors (Lipinski definition) is 1. The first-order valence-corrected chi connectivity index (χ1v) is 14.4. The highest BCUT2D eigenvalue weighted by Gasteiger charge is 2.56. The van der Waals surface area contributed by atoms with Gasteiger partial charge in [0, 0.05) is 23.0 Å². The Morgan fingerprint density at radius 1 is 1.06 bits per heavy atom. The van der Waals surface area contributed by atoms with Crippen molar-refractivity contribution in [3.05, 3.63) is 71.9 Å². The SMILES string of the molecule is CCCC1CCC2(NS1(=O)=O)C1CCC2Cc2cc(-c3cn(-c4ccc(F)cc4)cn3)ccc2C1. The van der Waals surface area contributed by atoms with E-state index in [4.69, 9.17) is 0 Å². The first kappa shape index (κ1) is 22.9. The lowest BCUT2D eigenvalue weighted by atomic mass is 9.76. The van der Waals surface area contributed by atoms with E-state index in [0.717, 1.165) is 68.3 Å². The van der Waals surface area contributed by atoms with Gasteiger partial charge in [-0.25, -0.2) is 22.5 Å². The zero-order valence-electron chi connectivity index (χ0n) is 20.1. The Morgan fingerprint density at radius 3 is 2.51 bits per heavy atom. The Balaban J connectivity index is 1.28. The number of aromatic nitrogens is 2. The molecule has 3 aromatic rings. The second-order valence-corrected chi connectivity index (χ2v) is 12.6. The molecule has 0 radical (unpaired) electrons. The molecule has 7 heteroatoms. The van der Waals surface area contributed by atoms with Gasteiger partial charge < -0.3 is 4.57 Å². The molecule has 3 aliphatic rings. The van der Waals surface area contributed by atoms with Gasteiger partial charge in [-0.15, -0.1) is 0 Å². The first-order valence-electron chi connectivity index (χ1n) is 12.8. The van der Waals surface area contributed by atoms with Crippen molar-refractivity contribution in [3.8, 4) is 16.9 Å². The summed E-state index contributed by atoms with van der Waals surface area (Å²) in [5.41, 5.74) is 5.16. The van der Waals surface area contributed by atoms with Crippen molar-refractivity contribution in [2.75, 3.05) is 0 Å². The Bertz CT molecular complexity index is 1350. The smallest absolute Gasteiger partial charge is 0.215 e. The Labute approximate surface area is 206 Å². The van der Waals surface area contributed by atoms with Crippen molar-refractivity contribution in [3.63, 3.8) is 0 Å². The summed E-state index contributed by atoms with van der Waals surface area (Å²) in [6.45, 7) is 2.06. The number of hydrogen-bond acceptors (Lipinski definition) is 3. The predicted octanol–water partition coefficient (Wildman–Crippen LogP) is 5.42. The fourth-order valence-corrected chi connectivity index (χ4v) is 9.01. The topological polar surface area (TPSA) is 64.0 Å². The van der Waals surface area contributed by atoms with Gasteiger partial charge >= 0.3 is 0 Å². The number of benzene rings is 2. The number of imidazole rings is 1. The van der Waals surface area contributed by atoms with Crippen molar-refractivity contribution < 1.29 is 12.8 Å². The molecule has 5 nitrogen and oxygen atoms in total. The molecule has 2 aromatic carbocycles. The van der Waals surface area contributed by atoms with Crippen LogP contribution in [0.15, 0.2) is 55.0 Å². The fourth-order valence-electron chi connectivity index (χ4n) is 6.90. The molecule has 1 aliphatic heterocycles. The van der Waals surface area contributed by atoms with Crippen LogP contribution in [0.5, 0.6) is 0 Å². The van der Waals surface area contributed by atoms with Crippen molar-refractivity contribution in [1.82, 2.24) is 14.3 Å². The molecular formula is C28H32FN3O2S. The van der Waals surface area contributed by atoms with Crippen LogP contribution in [0.25, 0.3) is 16.9 Å². The lowest BCUT2D eigenvalue weighted by molar-refractivity contribution is 0.188. The van der Waals surface area contributed by atoms with Crippen LogP contribution in [0.4, 0.5) is 4.39 Å². The monoisotopic (exact) mass is 493 g/mol. The molecular weight excluding hydrogens is 461 g/mol. The van der Waals surface area contributed by atoms with E-state index in [1.165, 1.54) is 23.3 Å². The summed E-state index contributed by atoms with van der Waals surface area (Å²) in [7, 11) is -3.29. The highest BCUT2D eigenvalue weighted by molar-refractivity contribution is 7.90. The summed E-state index contributed by atoms with van der Waals surface area (Å²) in [4.78, 5) is 4.61.